The summed E-state index contributed by atoms with van der Waals surface area (Å²) in [5.41, 5.74) is 0. The summed E-state index contributed by atoms with van der Waals surface area (Å²) in [5.74, 6) is -1.88. The minimum absolute atomic E-state index is 0.0899. The van der Waals surface area contributed by atoms with Gasteiger partial charge in [-0.05, 0) is 51.1 Å². The van der Waals surface area contributed by atoms with E-state index in [9.17, 15) is 14.4 Å². The first-order valence-electron chi connectivity index (χ1n) is 7.43. The van der Waals surface area contributed by atoms with Crippen LogP contribution in [0.2, 0.25) is 0 Å². The van der Waals surface area contributed by atoms with Crippen molar-refractivity contribution < 1.29 is 24.6 Å². The van der Waals surface area contributed by atoms with E-state index >= 15 is 0 Å². The molecule has 1 fully saturated rings. The van der Waals surface area contributed by atoms with Crippen LogP contribution < -0.4 is 10.6 Å². The molecule has 21 heavy (non-hydrogen) atoms. The Balaban J connectivity index is 2.27. The quantitative estimate of drug-likeness (QED) is 0.495. The maximum Gasteiger partial charge on any atom is 0.326 e. The number of aliphatic carboxylic acids is 2. The van der Waals surface area contributed by atoms with Crippen LogP contribution in [0.4, 0.5) is 0 Å². The Morgan fingerprint density at radius 2 is 2.00 bits per heavy atom. The van der Waals surface area contributed by atoms with Gasteiger partial charge in [-0.15, -0.1) is 0 Å². The minimum Gasteiger partial charge on any atom is -0.481 e. The van der Waals surface area contributed by atoms with Gasteiger partial charge in [-0.25, -0.2) is 4.79 Å². The zero-order chi connectivity index (χ0) is 15.7. The van der Waals surface area contributed by atoms with Gasteiger partial charge in [0.25, 0.3) is 0 Å². The molecule has 1 rings (SSSR count). The highest BCUT2D eigenvalue weighted by Gasteiger charge is 2.21. The Kier molecular flexibility index (Phi) is 7.74. The molecule has 1 unspecified atom stereocenters. The van der Waals surface area contributed by atoms with Crippen molar-refractivity contribution in [1.82, 2.24) is 10.6 Å². The second kappa shape index (κ2) is 9.33. The van der Waals surface area contributed by atoms with Crippen molar-refractivity contribution >= 4 is 17.8 Å². The van der Waals surface area contributed by atoms with Crippen LogP contribution in [0.5, 0.6) is 0 Å². The average Bonchev–Trinajstić information content (AvgIpc) is 2.44. The number of carboxylic acids is 2. The Labute approximate surface area is 124 Å². The monoisotopic (exact) mass is 300 g/mol. The van der Waals surface area contributed by atoms with E-state index in [1.165, 1.54) is 0 Å². The molecule has 1 heterocycles. The van der Waals surface area contributed by atoms with E-state index in [0.29, 0.717) is 12.3 Å². The van der Waals surface area contributed by atoms with Crippen molar-refractivity contribution in [1.29, 1.82) is 0 Å². The molecule has 7 heteroatoms. The zero-order valence-electron chi connectivity index (χ0n) is 12.1. The smallest absolute Gasteiger partial charge is 0.326 e. The molecule has 0 radical (unpaired) electrons. The van der Waals surface area contributed by atoms with Gasteiger partial charge in [0.15, 0.2) is 0 Å². The van der Waals surface area contributed by atoms with Crippen LogP contribution >= 0.6 is 0 Å². The first-order chi connectivity index (χ1) is 9.99. The Morgan fingerprint density at radius 1 is 1.24 bits per heavy atom. The second-order valence-electron chi connectivity index (χ2n) is 5.50. The number of carbonyl (C=O) groups is 3. The van der Waals surface area contributed by atoms with Crippen molar-refractivity contribution in [3.63, 3.8) is 0 Å². The van der Waals surface area contributed by atoms with Crippen LogP contribution in [0.15, 0.2) is 0 Å². The van der Waals surface area contributed by atoms with Gasteiger partial charge in [0.2, 0.25) is 5.91 Å². The summed E-state index contributed by atoms with van der Waals surface area (Å²) in [6, 6.07) is -0.999. The van der Waals surface area contributed by atoms with Crippen LogP contribution in [-0.4, -0.2) is 47.2 Å². The van der Waals surface area contributed by atoms with E-state index in [0.717, 1.165) is 32.4 Å². The van der Waals surface area contributed by atoms with Crippen LogP contribution in [0.1, 0.15) is 44.9 Å². The van der Waals surface area contributed by atoms with E-state index in [-0.39, 0.29) is 25.2 Å². The molecular weight excluding hydrogens is 276 g/mol. The van der Waals surface area contributed by atoms with Gasteiger partial charge in [0.05, 0.1) is 0 Å². The third-order valence-electron chi connectivity index (χ3n) is 3.70. The molecule has 0 aromatic heterocycles. The van der Waals surface area contributed by atoms with Gasteiger partial charge in [0.1, 0.15) is 6.04 Å². The van der Waals surface area contributed by atoms with Crippen LogP contribution in [-0.2, 0) is 14.4 Å². The summed E-state index contributed by atoms with van der Waals surface area (Å²) in [6.45, 7) is 1.93. The van der Waals surface area contributed by atoms with Crippen molar-refractivity contribution in [2.45, 2.75) is 51.0 Å². The molecule has 0 spiro atoms. The van der Waals surface area contributed by atoms with Crippen molar-refractivity contribution in [3.05, 3.63) is 0 Å². The van der Waals surface area contributed by atoms with Gasteiger partial charge in [0, 0.05) is 12.8 Å². The van der Waals surface area contributed by atoms with Crippen LogP contribution in [0, 0.1) is 5.92 Å². The molecule has 4 N–H and O–H groups in total. The molecule has 1 aliphatic rings. The van der Waals surface area contributed by atoms with Gasteiger partial charge in [-0.1, -0.05) is 0 Å². The molecule has 1 saturated heterocycles. The highest BCUT2D eigenvalue weighted by molar-refractivity contribution is 5.83. The van der Waals surface area contributed by atoms with E-state index < -0.39 is 18.0 Å². The average molecular weight is 300 g/mol. The summed E-state index contributed by atoms with van der Waals surface area (Å²) >= 11 is 0. The Hall–Kier alpha value is -1.63. The zero-order valence-corrected chi connectivity index (χ0v) is 12.1. The summed E-state index contributed by atoms with van der Waals surface area (Å²) in [7, 11) is 0. The number of hydrogen-bond donors (Lipinski definition) is 4. The highest BCUT2D eigenvalue weighted by Crippen LogP contribution is 2.15. The molecule has 0 bridgehead atoms. The lowest BCUT2D eigenvalue weighted by Crippen LogP contribution is -2.41. The molecule has 7 nitrogen and oxygen atoms in total. The van der Waals surface area contributed by atoms with Gasteiger partial charge in [-0.2, -0.15) is 0 Å². The molecule has 0 aromatic rings. The first-order valence-corrected chi connectivity index (χ1v) is 7.43. The number of carboxylic acid groups (broad SMARTS) is 2. The molecule has 0 saturated carbocycles. The van der Waals surface area contributed by atoms with Gasteiger partial charge < -0.3 is 20.8 Å². The summed E-state index contributed by atoms with van der Waals surface area (Å²) in [4.78, 5) is 33.2. The second-order valence-corrected chi connectivity index (χ2v) is 5.50. The van der Waals surface area contributed by atoms with Crippen molar-refractivity contribution in [2.24, 2.45) is 5.92 Å². The Morgan fingerprint density at radius 3 is 2.57 bits per heavy atom. The molecule has 2 atom stereocenters. The van der Waals surface area contributed by atoms with E-state index in [1.807, 2.05) is 0 Å². The Bertz CT molecular complexity index is 366. The molecule has 120 valence electrons. The van der Waals surface area contributed by atoms with Crippen LogP contribution in [0.25, 0.3) is 0 Å². The summed E-state index contributed by atoms with van der Waals surface area (Å²) in [6.07, 6.45) is 3.56. The SMILES string of the molecule is O=C(O)CCC[C@@H](NC(=O)CCC1CCCNC1)C(=O)O. The van der Waals surface area contributed by atoms with E-state index in [1.54, 1.807) is 0 Å². The third-order valence-corrected chi connectivity index (χ3v) is 3.70. The van der Waals surface area contributed by atoms with Crippen molar-refractivity contribution in [2.75, 3.05) is 13.1 Å². The highest BCUT2D eigenvalue weighted by atomic mass is 16.4. The van der Waals surface area contributed by atoms with E-state index in [2.05, 4.69) is 10.6 Å². The maximum atomic E-state index is 11.8. The molecular formula is C14H24N2O5. The van der Waals surface area contributed by atoms with Crippen LogP contribution in [0.3, 0.4) is 0 Å². The normalized spacial score (nSPS) is 19.7. The topological polar surface area (TPSA) is 116 Å². The van der Waals surface area contributed by atoms with Crippen molar-refractivity contribution in [3.8, 4) is 0 Å². The maximum absolute atomic E-state index is 11.8. The number of nitrogens with one attached hydrogen (secondary N) is 2. The number of piperidine rings is 1. The fourth-order valence-electron chi connectivity index (χ4n) is 2.49. The number of hydrogen-bond acceptors (Lipinski definition) is 4. The lowest BCUT2D eigenvalue weighted by Gasteiger charge is -2.22. The lowest BCUT2D eigenvalue weighted by molar-refractivity contribution is -0.142. The predicted octanol–water partition coefficient (Wildman–Crippen LogP) is 0.591. The number of rotatable bonds is 9. The first kappa shape index (κ1) is 17.4. The summed E-state index contributed by atoms with van der Waals surface area (Å²) < 4.78 is 0. The van der Waals surface area contributed by atoms with Gasteiger partial charge >= 0.3 is 11.9 Å². The molecule has 0 aliphatic carbocycles. The fourth-order valence-corrected chi connectivity index (χ4v) is 2.49. The predicted molar refractivity (Wildman–Crippen MR) is 75.9 cm³/mol. The molecule has 1 amide bonds. The van der Waals surface area contributed by atoms with Gasteiger partial charge in [-0.3, -0.25) is 9.59 Å². The standard InChI is InChI=1S/C14H24N2O5/c17-12(7-6-10-3-2-8-15-9-10)16-11(14(20)21)4-1-5-13(18)19/h10-11,15H,1-9H2,(H,16,17)(H,18,19)(H,20,21)/t10?,11-/m1/s1. The fraction of sp³-hybridized carbons (Fsp3) is 0.786. The third kappa shape index (κ3) is 7.65. The number of carbonyl (C=O) groups excluding carboxylic acids is 1. The molecule has 0 aromatic carbocycles. The lowest BCUT2D eigenvalue weighted by atomic mass is 9.94. The molecule has 1 aliphatic heterocycles. The summed E-state index contributed by atoms with van der Waals surface area (Å²) in [5, 5.41) is 23.3. The minimum atomic E-state index is -1.12. The number of amides is 1. The largest absolute Gasteiger partial charge is 0.481 e. The van der Waals surface area contributed by atoms with E-state index in [4.69, 9.17) is 10.2 Å².